The number of aromatic nitrogens is 3. The number of carbonyl (C=O) groups excluding carboxylic acids is 1. The van der Waals surface area contributed by atoms with Crippen LogP contribution in [-0.4, -0.2) is 33.6 Å². The minimum absolute atomic E-state index is 0.118. The largest absolute Gasteiger partial charge is 0.433 e. The van der Waals surface area contributed by atoms with E-state index in [2.05, 4.69) is 15.0 Å². The molecule has 9 heteroatoms. The van der Waals surface area contributed by atoms with Crippen LogP contribution in [0.3, 0.4) is 0 Å². The third-order valence-electron chi connectivity index (χ3n) is 4.38. The Morgan fingerprint density at radius 3 is 2.44 bits per heavy atom. The number of Topliss-reactive ketones (excluding diaryl/α,β-unsaturated/α-hetero) is 1. The highest BCUT2D eigenvalue weighted by Gasteiger charge is 2.32. The Kier molecular flexibility index (Phi) is 5.57. The van der Waals surface area contributed by atoms with Gasteiger partial charge in [0.2, 0.25) is 0 Å². The van der Waals surface area contributed by atoms with Crippen molar-refractivity contribution in [2.45, 2.75) is 38.4 Å². The lowest BCUT2D eigenvalue weighted by Crippen LogP contribution is -2.34. The van der Waals surface area contributed by atoms with Gasteiger partial charge in [-0.25, -0.2) is 4.68 Å². The molecule has 0 radical (unpaired) electrons. The molecule has 0 N–H and O–H groups in total. The Hall–Kier alpha value is -2.71. The molecule has 3 heterocycles. The highest BCUT2D eigenvalue weighted by atomic mass is 19.4. The summed E-state index contributed by atoms with van der Waals surface area (Å²) in [5, 5.41) is 4.27. The molecular formula is C18H19F3N4O2. The van der Waals surface area contributed by atoms with Crippen LogP contribution < -0.4 is 10.5 Å². The number of alkyl halides is 3. The zero-order valence-electron chi connectivity index (χ0n) is 14.6. The Morgan fingerprint density at radius 2 is 1.81 bits per heavy atom. The molecule has 2 aromatic rings. The van der Waals surface area contributed by atoms with Crippen LogP contribution >= 0.6 is 0 Å². The number of anilines is 1. The van der Waals surface area contributed by atoms with Crippen molar-refractivity contribution in [3.63, 3.8) is 0 Å². The van der Waals surface area contributed by atoms with E-state index in [1.54, 1.807) is 6.07 Å². The molecular weight excluding hydrogens is 361 g/mol. The van der Waals surface area contributed by atoms with Crippen LogP contribution in [0.15, 0.2) is 35.3 Å². The maximum Gasteiger partial charge on any atom is 0.433 e. The molecule has 0 saturated carbocycles. The lowest BCUT2D eigenvalue weighted by atomic mass is 10.1. The zero-order valence-corrected chi connectivity index (χ0v) is 14.6. The van der Waals surface area contributed by atoms with Crippen LogP contribution in [0.25, 0.3) is 0 Å². The molecule has 0 spiro atoms. The normalized spacial score (nSPS) is 15.0. The molecule has 0 unspecified atom stereocenters. The first-order chi connectivity index (χ1) is 12.8. The summed E-state index contributed by atoms with van der Waals surface area (Å²) < 4.78 is 38.7. The van der Waals surface area contributed by atoms with Crippen LogP contribution in [0.5, 0.6) is 0 Å². The first kappa shape index (κ1) is 19.1. The SMILES string of the molecule is O=C(Cc1ccc(C(F)(F)F)nc1)Cn1nc(N2CCCCC2)ccc1=O. The number of rotatable bonds is 5. The standard InChI is InChI=1S/C18H19F3N4O2/c19-18(20,21)15-5-4-13(11-22-15)10-14(26)12-25-17(27)7-6-16(23-25)24-8-2-1-3-9-24/h4-7,11H,1-3,8-10,12H2. The first-order valence-corrected chi connectivity index (χ1v) is 8.70. The number of nitrogens with zero attached hydrogens (tertiary/aromatic N) is 4. The van der Waals surface area contributed by atoms with E-state index in [0.717, 1.165) is 49.3 Å². The van der Waals surface area contributed by atoms with E-state index in [9.17, 15) is 22.8 Å². The third-order valence-corrected chi connectivity index (χ3v) is 4.38. The van der Waals surface area contributed by atoms with Gasteiger partial charge in [0.1, 0.15) is 18.1 Å². The predicted molar refractivity (Wildman–Crippen MR) is 92.5 cm³/mol. The number of piperidine rings is 1. The van der Waals surface area contributed by atoms with Crippen molar-refractivity contribution < 1.29 is 18.0 Å². The fourth-order valence-corrected chi connectivity index (χ4v) is 2.99. The second-order valence-electron chi connectivity index (χ2n) is 6.50. The molecule has 0 aliphatic carbocycles. The number of halogens is 3. The Balaban J connectivity index is 1.67. The molecule has 1 aliphatic rings. The lowest BCUT2D eigenvalue weighted by Gasteiger charge is -2.27. The van der Waals surface area contributed by atoms with E-state index < -0.39 is 17.4 Å². The molecule has 6 nitrogen and oxygen atoms in total. The fourth-order valence-electron chi connectivity index (χ4n) is 2.99. The predicted octanol–water partition coefficient (Wildman–Crippen LogP) is 2.46. The Bertz CT molecular complexity index is 856. The van der Waals surface area contributed by atoms with Crippen molar-refractivity contribution >= 4 is 11.6 Å². The quantitative estimate of drug-likeness (QED) is 0.797. The molecule has 0 atom stereocenters. The highest BCUT2D eigenvalue weighted by molar-refractivity contribution is 5.80. The van der Waals surface area contributed by atoms with Gasteiger partial charge in [0.15, 0.2) is 5.78 Å². The average molecular weight is 380 g/mol. The van der Waals surface area contributed by atoms with Crippen LogP contribution in [-0.2, 0) is 23.9 Å². The second kappa shape index (κ2) is 7.89. The van der Waals surface area contributed by atoms with Crippen molar-refractivity contribution in [3.8, 4) is 0 Å². The van der Waals surface area contributed by atoms with Crippen LogP contribution in [0.2, 0.25) is 0 Å². The molecule has 1 aliphatic heterocycles. The van der Waals surface area contributed by atoms with Gasteiger partial charge in [-0.3, -0.25) is 14.6 Å². The van der Waals surface area contributed by atoms with Gasteiger partial charge in [0, 0.05) is 31.8 Å². The summed E-state index contributed by atoms with van der Waals surface area (Å²) in [6.45, 7) is 1.48. The van der Waals surface area contributed by atoms with Crippen molar-refractivity contribution in [3.05, 3.63) is 52.1 Å². The minimum atomic E-state index is -4.52. The van der Waals surface area contributed by atoms with Gasteiger partial charge in [-0.2, -0.15) is 18.3 Å². The summed E-state index contributed by atoms with van der Waals surface area (Å²) in [7, 11) is 0. The summed E-state index contributed by atoms with van der Waals surface area (Å²) >= 11 is 0. The first-order valence-electron chi connectivity index (χ1n) is 8.70. The van der Waals surface area contributed by atoms with E-state index in [1.165, 1.54) is 12.1 Å². The van der Waals surface area contributed by atoms with Gasteiger partial charge in [-0.1, -0.05) is 6.07 Å². The number of ketones is 1. The highest BCUT2D eigenvalue weighted by Crippen LogP contribution is 2.27. The molecule has 144 valence electrons. The summed E-state index contributed by atoms with van der Waals surface area (Å²) in [4.78, 5) is 29.6. The minimum Gasteiger partial charge on any atom is -0.355 e. The summed E-state index contributed by atoms with van der Waals surface area (Å²) in [6.07, 6.45) is -0.333. The van der Waals surface area contributed by atoms with E-state index in [1.807, 2.05) is 0 Å². The number of carbonyl (C=O) groups is 1. The number of hydrogen-bond donors (Lipinski definition) is 0. The molecule has 2 aromatic heterocycles. The summed E-state index contributed by atoms with van der Waals surface area (Å²) in [6, 6.07) is 5.08. The van der Waals surface area contributed by atoms with Gasteiger partial charge < -0.3 is 4.90 Å². The number of hydrogen-bond acceptors (Lipinski definition) is 5. The van der Waals surface area contributed by atoms with Crippen molar-refractivity contribution in [2.75, 3.05) is 18.0 Å². The topological polar surface area (TPSA) is 68.1 Å². The van der Waals surface area contributed by atoms with Crippen molar-refractivity contribution in [1.29, 1.82) is 0 Å². The van der Waals surface area contributed by atoms with Gasteiger partial charge in [-0.05, 0) is 37.0 Å². The van der Waals surface area contributed by atoms with Crippen molar-refractivity contribution in [1.82, 2.24) is 14.8 Å². The Morgan fingerprint density at radius 1 is 1.07 bits per heavy atom. The maximum absolute atomic E-state index is 12.5. The fraction of sp³-hybridized carbons (Fsp3) is 0.444. The van der Waals surface area contributed by atoms with Crippen LogP contribution in [0.1, 0.15) is 30.5 Å². The Labute approximate surface area is 153 Å². The molecule has 27 heavy (non-hydrogen) atoms. The average Bonchev–Trinajstić information content (AvgIpc) is 2.64. The van der Waals surface area contributed by atoms with Gasteiger partial charge in [0.05, 0.1) is 0 Å². The number of pyridine rings is 1. The zero-order chi connectivity index (χ0) is 19.4. The molecule has 3 rings (SSSR count). The molecule has 1 saturated heterocycles. The van der Waals surface area contributed by atoms with Crippen LogP contribution in [0.4, 0.5) is 19.0 Å². The van der Waals surface area contributed by atoms with E-state index in [0.29, 0.717) is 11.4 Å². The molecule has 0 bridgehead atoms. The van der Waals surface area contributed by atoms with Crippen molar-refractivity contribution in [2.24, 2.45) is 0 Å². The van der Waals surface area contributed by atoms with E-state index >= 15 is 0 Å². The summed E-state index contributed by atoms with van der Waals surface area (Å²) in [5.41, 5.74) is -1.05. The van der Waals surface area contributed by atoms with E-state index in [-0.39, 0.29) is 18.7 Å². The van der Waals surface area contributed by atoms with Crippen LogP contribution in [0, 0.1) is 0 Å². The summed E-state index contributed by atoms with van der Waals surface area (Å²) in [5.74, 6) is 0.320. The third kappa shape index (κ3) is 4.93. The lowest BCUT2D eigenvalue weighted by molar-refractivity contribution is -0.141. The van der Waals surface area contributed by atoms with Gasteiger partial charge in [-0.15, -0.1) is 0 Å². The maximum atomic E-state index is 12.5. The van der Waals surface area contributed by atoms with Gasteiger partial charge in [0.25, 0.3) is 5.56 Å². The smallest absolute Gasteiger partial charge is 0.355 e. The van der Waals surface area contributed by atoms with E-state index in [4.69, 9.17) is 0 Å². The monoisotopic (exact) mass is 380 g/mol. The molecule has 1 fully saturated rings. The second-order valence-corrected chi connectivity index (χ2v) is 6.50. The molecule has 0 aromatic carbocycles. The van der Waals surface area contributed by atoms with Gasteiger partial charge >= 0.3 is 6.18 Å². The molecule has 0 amide bonds.